The van der Waals surface area contributed by atoms with E-state index in [2.05, 4.69) is 37.7 Å². The van der Waals surface area contributed by atoms with E-state index >= 15 is 0 Å². The van der Waals surface area contributed by atoms with Crippen LogP contribution in [0.1, 0.15) is 19.3 Å². The number of H-pyrrole nitrogens is 1. The number of nitrogens with zero attached hydrogens (tertiary/aromatic N) is 3. The smallest absolute Gasteiger partial charge is 0.138 e. The summed E-state index contributed by atoms with van der Waals surface area (Å²) in [5.41, 5.74) is 6.79. The SMILES string of the molecule is FC1CCC2N=CC=C(Nc3ccc4nc(-c5cccc(Nc6ccncc6)c5)[nH]c4c3)C2C1. The molecule has 1 aliphatic heterocycles. The molecular formula is C27H25FN6. The van der Waals surface area contributed by atoms with E-state index in [0.29, 0.717) is 12.8 Å². The van der Waals surface area contributed by atoms with Gasteiger partial charge in [-0.15, -0.1) is 0 Å². The molecule has 2 aliphatic rings. The monoisotopic (exact) mass is 452 g/mol. The van der Waals surface area contributed by atoms with E-state index in [4.69, 9.17) is 4.98 Å². The van der Waals surface area contributed by atoms with Gasteiger partial charge in [0.05, 0.1) is 17.1 Å². The summed E-state index contributed by atoms with van der Waals surface area (Å²) in [5, 5.41) is 6.91. The molecule has 3 atom stereocenters. The maximum atomic E-state index is 14.1. The van der Waals surface area contributed by atoms with Gasteiger partial charge < -0.3 is 15.6 Å². The molecular weight excluding hydrogens is 427 g/mol. The van der Waals surface area contributed by atoms with E-state index in [0.717, 1.165) is 51.6 Å². The van der Waals surface area contributed by atoms with E-state index in [1.54, 1.807) is 12.4 Å². The number of benzene rings is 2. The number of anilines is 3. The van der Waals surface area contributed by atoms with Crippen molar-refractivity contribution in [3.63, 3.8) is 0 Å². The van der Waals surface area contributed by atoms with Crippen LogP contribution in [0, 0.1) is 5.92 Å². The zero-order chi connectivity index (χ0) is 22.9. The van der Waals surface area contributed by atoms with Gasteiger partial charge in [-0.2, -0.15) is 0 Å². The number of aromatic amines is 1. The van der Waals surface area contributed by atoms with Gasteiger partial charge in [0.1, 0.15) is 12.0 Å². The number of fused-ring (bicyclic) bond motifs is 2. The number of hydrogen-bond acceptors (Lipinski definition) is 5. The lowest BCUT2D eigenvalue weighted by molar-refractivity contribution is 0.196. The average Bonchev–Trinajstić information content (AvgIpc) is 3.29. The van der Waals surface area contributed by atoms with E-state index in [-0.39, 0.29) is 12.0 Å². The second-order valence-corrected chi connectivity index (χ2v) is 8.89. The molecule has 1 aliphatic carbocycles. The van der Waals surface area contributed by atoms with Gasteiger partial charge in [-0.1, -0.05) is 12.1 Å². The number of halogens is 1. The molecule has 0 amide bonds. The fourth-order valence-electron chi connectivity index (χ4n) is 4.84. The number of dihydropyridines is 1. The minimum Gasteiger partial charge on any atom is -0.358 e. The number of imidazole rings is 1. The minimum atomic E-state index is -0.749. The normalized spacial score (nSPS) is 21.7. The van der Waals surface area contributed by atoms with Gasteiger partial charge in [0.25, 0.3) is 0 Å². The number of nitrogens with one attached hydrogen (secondary N) is 3. The van der Waals surface area contributed by atoms with Crippen molar-refractivity contribution >= 4 is 34.3 Å². The van der Waals surface area contributed by atoms with Crippen LogP contribution in [0.25, 0.3) is 22.4 Å². The van der Waals surface area contributed by atoms with Gasteiger partial charge in [0.15, 0.2) is 0 Å². The summed E-state index contributed by atoms with van der Waals surface area (Å²) in [4.78, 5) is 16.9. The van der Waals surface area contributed by atoms with Crippen LogP contribution < -0.4 is 10.6 Å². The fraction of sp³-hybridized carbons (Fsp3) is 0.222. The van der Waals surface area contributed by atoms with Crippen LogP contribution in [0.15, 0.2) is 83.8 Å². The lowest BCUT2D eigenvalue weighted by Gasteiger charge is -2.34. The van der Waals surface area contributed by atoms with Gasteiger partial charge in [-0.3, -0.25) is 9.98 Å². The highest BCUT2D eigenvalue weighted by molar-refractivity contribution is 5.84. The summed E-state index contributed by atoms with van der Waals surface area (Å²) >= 11 is 0. The lowest BCUT2D eigenvalue weighted by atomic mass is 9.80. The van der Waals surface area contributed by atoms with Crippen LogP contribution in [0.3, 0.4) is 0 Å². The average molecular weight is 453 g/mol. The molecule has 6 rings (SSSR count). The molecule has 1 saturated carbocycles. The van der Waals surface area contributed by atoms with Crippen molar-refractivity contribution in [3.8, 4) is 11.4 Å². The molecule has 3 heterocycles. The van der Waals surface area contributed by atoms with Gasteiger partial charge in [0.2, 0.25) is 0 Å². The minimum absolute atomic E-state index is 0.109. The van der Waals surface area contributed by atoms with E-state index in [1.165, 1.54) is 0 Å². The molecule has 2 aromatic carbocycles. The molecule has 170 valence electrons. The van der Waals surface area contributed by atoms with Crippen molar-refractivity contribution in [3.05, 3.63) is 78.8 Å². The maximum absolute atomic E-state index is 14.1. The highest BCUT2D eigenvalue weighted by Crippen LogP contribution is 2.36. The highest BCUT2D eigenvalue weighted by Gasteiger charge is 2.34. The molecule has 4 aromatic rings. The number of hydrogen-bond donors (Lipinski definition) is 3. The molecule has 34 heavy (non-hydrogen) atoms. The molecule has 0 saturated heterocycles. The Labute approximate surface area is 197 Å². The Balaban J connectivity index is 1.24. The van der Waals surface area contributed by atoms with Crippen LogP contribution in [0.2, 0.25) is 0 Å². The zero-order valence-electron chi connectivity index (χ0n) is 18.6. The van der Waals surface area contributed by atoms with Crippen LogP contribution in [-0.2, 0) is 0 Å². The van der Waals surface area contributed by atoms with Crippen LogP contribution in [0.5, 0.6) is 0 Å². The third-order valence-corrected chi connectivity index (χ3v) is 6.56. The predicted molar refractivity (Wildman–Crippen MR) is 135 cm³/mol. The van der Waals surface area contributed by atoms with Gasteiger partial charge in [-0.05, 0) is 67.8 Å². The molecule has 1 fully saturated rings. The number of aliphatic imine (C=N–C) groups is 1. The third kappa shape index (κ3) is 4.17. The molecule has 3 unspecified atom stereocenters. The first-order valence-corrected chi connectivity index (χ1v) is 11.6. The Hall–Kier alpha value is -4.00. The quantitative estimate of drug-likeness (QED) is 0.334. The zero-order valence-corrected chi connectivity index (χ0v) is 18.6. The fourth-order valence-corrected chi connectivity index (χ4v) is 4.84. The Kier molecular flexibility index (Phi) is 5.30. The molecule has 3 N–H and O–H groups in total. The predicted octanol–water partition coefficient (Wildman–Crippen LogP) is 6.26. The number of aromatic nitrogens is 3. The van der Waals surface area contributed by atoms with Crippen molar-refractivity contribution in [1.82, 2.24) is 15.0 Å². The second kappa shape index (κ2) is 8.74. The van der Waals surface area contributed by atoms with Crippen molar-refractivity contribution in [1.29, 1.82) is 0 Å². The largest absolute Gasteiger partial charge is 0.358 e. The summed E-state index contributed by atoms with van der Waals surface area (Å²) in [6, 6.07) is 18.3. The Morgan fingerprint density at radius 2 is 1.79 bits per heavy atom. The molecule has 2 aromatic heterocycles. The van der Waals surface area contributed by atoms with Crippen molar-refractivity contribution in [2.75, 3.05) is 10.6 Å². The first kappa shape index (κ1) is 20.6. The lowest BCUT2D eigenvalue weighted by Crippen LogP contribution is -2.34. The number of alkyl halides is 1. The first-order valence-electron chi connectivity index (χ1n) is 11.6. The summed E-state index contributed by atoms with van der Waals surface area (Å²) in [6.07, 6.45) is 8.54. The van der Waals surface area contributed by atoms with Gasteiger partial charge >= 0.3 is 0 Å². The van der Waals surface area contributed by atoms with Crippen LogP contribution in [0.4, 0.5) is 21.5 Å². The number of allylic oxidation sites excluding steroid dienone is 1. The summed E-state index contributed by atoms with van der Waals surface area (Å²) < 4.78 is 14.1. The topological polar surface area (TPSA) is 78.0 Å². The third-order valence-electron chi connectivity index (χ3n) is 6.56. The molecule has 0 radical (unpaired) electrons. The molecule has 0 spiro atoms. The standard InChI is InChI=1S/C27H25FN6/c28-18-4-6-23-22(15-18)24(10-13-30-23)32-21-5-7-25-26(16-21)34-27(33-25)17-2-1-3-20(14-17)31-19-8-11-29-12-9-19/h1-3,5,7-14,16,18,22-23,32H,4,6,15H2,(H,29,31)(H,33,34). The number of pyridine rings is 1. The van der Waals surface area contributed by atoms with E-state index in [9.17, 15) is 4.39 Å². The molecule has 6 nitrogen and oxygen atoms in total. The van der Waals surface area contributed by atoms with E-state index in [1.807, 2.05) is 54.8 Å². The first-order chi connectivity index (χ1) is 16.7. The molecule has 0 bridgehead atoms. The Morgan fingerprint density at radius 1 is 0.912 bits per heavy atom. The Bertz CT molecular complexity index is 1380. The van der Waals surface area contributed by atoms with Crippen LogP contribution in [-0.4, -0.2) is 33.4 Å². The summed E-state index contributed by atoms with van der Waals surface area (Å²) in [7, 11) is 0. The van der Waals surface area contributed by atoms with Crippen molar-refractivity contribution in [2.45, 2.75) is 31.5 Å². The van der Waals surface area contributed by atoms with E-state index < -0.39 is 6.17 Å². The van der Waals surface area contributed by atoms with Crippen LogP contribution >= 0.6 is 0 Å². The van der Waals surface area contributed by atoms with Crippen molar-refractivity contribution in [2.24, 2.45) is 10.9 Å². The van der Waals surface area contributed by atoms with Crippen molar-refractivity contribution < 1.29 is 4.39 Å². The number of rotatable bonds is 5. The maximum Gasteiger partial charge on any atom is 0.138 e. The molecule has 7 heteroatoms. The summed E-state index contributed by atoms with van der Waals surface area (Å²) in [6.45, 7) is 0. The highest BCUT2D eigenvalue weighted by atomic mass is 19.1. The Morgan fingerprint density at radius 3 is 2.71 bits per heavy atom. The van der Waals surface area contributed by atoms with Gasteiger partial charge in [-0.25, -0.2) is 9.37 Å². The van der Waals surface area contributed by atoms with Gasteiger partial charge in [0, 0.05) is 52.8 Å². The second-order valence-electron chi connectivity index (χ2n) is 8.89. The summed E-state index contributed by atoms with van der Waals surface area (Å²) in [5.74, 6) is 0.916.